The molecule has 0 spiro atoms. The zero-order valence-electron chi connectivity index (χ0n) is 13.9. The molecule has 2 heterocycles. The summed E-state index contributed by atoms with van der Waals surface area (Å²) in [6.07, 6.45) is 6.50. The van der Waals surface area contributed by atoms with Crippen LogP contribution in [0.15, 0.2) is 36.7 Å². The number of ether oxygens (including phenoxy) is 1. The van der Waals surface area contributed by atoms with E-state index in [1.54, 1.807) is 18.5 Å². The van der Waals surface area contributed by atoms with Gasteiger partial charge in [-0.1, -0.05) is 25.0 Å². The van der Waals surface area contributed by atoms with Gasteiger partial charge in [0.1, 0.15) is 18.0 Å². The van der Waals surface area contributed by atoms with E-state index < -0.39 is 0 Å². The van der Waals surface area contributed by atoms with Gasteiger partial charge in [-0.25, -0.2) is 14.8 Å². The van der Waals surface area contributed by atoms with Crippen LogP contribution in [0, 0.1) is 0 Å². The molecule has 126 valence electrons. The van der Waals surface area contributed by atoms with Gasteiger partial charge < -0.3 is 15.0 Å². The lowest BCUT2D eigenvalue weighted by Crippen LogP contribution is -2.25. The SMILES string of the molecule is COC(=O)c1ccccc1Nc1cc(N2CCCCCC2)ncn1. The van der Waals surface area contributed by atoms with Crippen molar-refractivity contribution in [1.82, 2.24) is 9.97 Å². The number of carbonyl (C=O) groups is 1. The van der Waals surface area contributed by atoms with Crippen LogP contribution in [0.4, 0.5) is 17.3 Å². The molecular weight excluding hydrogens is 304 g/mol. The first-order valence-electron chi connectivity index (χ1n) is 8.29. The van der Waals surface area contributed by atoms with E-state index in [9.17, 15) is 4.79 Å². The summed E-state index contributed by atoms with van der Waals surface area (Å²) in [4.78, 5) is 22.9. The minimum atomic E-state index is -0.375. The number of aromatic nitrogens is 2. The summed E-state index contributed by atoms with van der Waals surface area (Å²) in [6, 6.07) is 9.16. The van der Waals surface area contributed by atoms with Gasteiger partial charge in [0.25, 0.3) is 0 Å². The highest BCUT2D eigenvalue weighted by atomic mass is 16.5. The van der Waals surface area contributed by atoms with E-state index in [1.807, 2.05) is 18.2 Å². The Bertz CT molecular complexity index is 697. The molecule has 1 aromatic heterocycles. The van der Waals surface area contributed by atoms with Crippen molar-refractivity contribution >= 4 is 23.3 Å². The second kappa shape index (κ2) is 7.77. The largest absolute Gasteiger partial charge is 0.465 e. The molecule has 0 radical (unpaired) electrons. The Balaban J connectivity index is 1.81. The molecule has 24 heavy (non-hydrogen) atoms. The molecule has 0 unspecified atom stereocenters. The third-order valence-corrected chi connectivity index (χ3v) is 4.18. The van der Waals surface area contributed by atoms with E-state index in [4.69, 9.17) is 4.74 Å². The summed E-state index contributed by atoms with van der Waals surface area (Å²) in [5.41, 5.74) is 1.15. The number of anilines is 3. The highest BCUT2D eigenvalue weighted by Gasteiger charge is 2.14. The molecular formula is C18H22N4O2. The monoisotopic (exact) mass is 326 g/mol. The Labute approximate surface area is 141 Å². The third-order valence-electron chi connectivity index (χ3n) is 4.18. The zero-order valence-corrected chi connectivity index (χ0v) is 13.9. The number of methoxy groups -OCH3 is 1. The molecule has 1 aromatic carbocycles. The van der Waals surface area contributed by atoms with Crippen molar-refractivity contribution in [3.63, 3.8) is 0 Å². The Kier molecular flexibility index (Phi) is 5.25. The van der Waals surface area contributed by atoms with Crippen LogP contribution in [0.1, 0.15) is 36.0 Å². The number of hydrogen-bond acceptors (Lipinski definition) is 6. The molecule has 3 rings (SSSR count). The molecule has 1 saturated heterocycles. The van der Waals surface area contributed by atoms with Gasteiger partial charge in [-0.3, -0.25) is 0 Å². The lowest BCUT2D eigenvalue weighted by Gasteiger charge is -2.21. The molecule has 1 N–H and O–H groups in total. The van der Waals surface area contributed by atoms with E-state index in [0.29, 0.717) is 17.1 Å². The molecule has 0 bridgehead atoms. The second-order valence-electron chi connectivity index (χ2n) is 5.82. The predicted molar refractivity (Wildman–Crippen MR) is 93.8 cm³/mol. The van der Waals surface area contributed by atoms with E-state index in [0.717, 1.165) is 18.9 Å². The summed E-state index contributed by atoms with van der Waals surface area (Å²) in [5.74, 6) is 1.21. The van der Waals surface area contributed by atoms with E-state index in [-0.39, 0.29) is 5.97 Å². The fourth-order valence-electron chi connectivity index (χ4n) is 2.91. The van der Waals surface area contributed by atoms with Gasteiger partial charge in [0, 0.05) is 19.2 Å². The maximum absolute atomic E-state index is 11.9. The lowest BCUT2D eigenvalue weighted by molar-refractivity contribution is 0.0602. The molecule has 0 atom stereocenters. The highest BCUT2D eigenvalue weighted by Crippen LogP contribution is 2.23. The Hall–Kier alpha value is -2.63. The first-order valence-corrected chi connectivity index (χ1v) is 8.29. The van der Waals surface area contributed by atoms with Gasteiger partial charge in [-0.05, 0) is 25.0 Å². The van der Waals surface area contributed by atoms with Gasteiger partial charge in [0.05, 0.1) is 18.4 Å². The quantitative estimate of drug-likeness (QED) is 0.869. The Morgan fingerprint density at radius 1 is 1.12 bits per heavy atom. The highest BCUT2D eigenvalue weighted by molar-refractivity contribution is 5.96. The minimum absolute atomic E-state index is 0.375. The van der Waals surface area contributed by atoms with Crippen LogP contribution < -0.4 is 10.2 Å². The molecule has 1 aliphatic heterocycles. The smallest absolute Gasteiger partial charge is 0.339 e. The van der Waals surface area contributed by atoms with Gasteiger partial charge in [0.15, 0.2) is 0 Å². The van der Waals surface area contributed by atoms with Crippen molar-refractivity contribution in [2.45, 2.75) is 25.7 Å². The standard InChI is InChI=1S/C18H22N4O2/c1-24-18(23)14-8-4-5-9-15(14)21-16-12-17(20-13-19-16)22-10-6-2-3-7-11-22/h4-5,8-9,12-13H,2-3,6-7,10-11H2,1H3,(H,19,20,21). The minimum Gasteiger partial charge on any atom is -0.465 e. The fourth-order valence-corrected chi connectivity index (χ4v) is 2.91. The maximum Gasteiger partial charge on any atom is 0.339 e. The van der Waals surface area contributed by atoms with Crippen LogP contribution >= 0.6 is 0 Å². The van der Waals surface area contributed by atoms with Gasteiger partial charge >= 0.3 is 5.97 Å². The summed E-state index contributed by atoms with van der Waals surface area (Å²) in [7, 11) is 1.38. The first-order chi connectivity index (χ1) is 11.8. The van der Waals surface area contributed by atoms with Crippen LogP contribution in [0.2, 0.25) is 0 Å². The van der Waals surface area contributed by atoms with Crippen LogP contribution in [0.5, 0.6) is 0 Å². The van der Waals surface area contributed by atoms with E-state index >= 15 is 0 Å². The Morgan fingerprint density at radius 2 is 1.88 bits per heavy atom. The number of nitrogens with one attached hydrogen (secondary N) is 1. The molecule has 6 heteroatoms. The van der Waals surface area contributed by atoms with Crippen LogP contribution in [-0.2, 0) is 4.74 Å². The van der Waals surface area contributed by atoms with Gasteiger partial charge in [0.2, 0.25) is 0 Å². The fraction of sp³-hybridized carbons (Fsp3) is 0.389. The summed E-state index contributed by atoms with van der Waals surface area (Å²) in [6.45, 7) is 2.05. The van der Waals surface area contributed by atoms with E-state index in [2.05, 4.69) is 20.2 Å². The molecule has 0 saturated carbocycles. The normalized spacial score (nSPS) is 14.8. The number of hydrogen-bond donors (Lipinski definition) is 1. The molecule has 1 aliphatic rings. The lowest BCUT2D eigenvalue weighted by atomic mass is 10.2. The van der Waals surface area contributed by atoms with Crippen LogP contribution in [0.3, 0.4) is 0 Å². The Morgan fingerprint density at radius 3 is 2.62 bits per heavy atom. The predicted octanol–water partition coefficient (Wildman–Crippen LogP) is 3.39. The molecule has 0 amide bonds. The average Bonchev–Trinajstić information content (AvgIpc) is 2.91. The summed E-state index contributed by atoms with van der Waals surface area (Å²) < 4.78 is 4.83. The number of para-hydroxylation sites is 1. The zero-order chi connectivity index (χ0) is 16.8. The second-order valence-corrected chi connectivity index (χ2v) is 5.82. The molecule has 2 aromatic rings. The van der Waals surface area contributed by atoms with Crippen molar-refractivity contribution in [1.29, 1.82) is 0 Å². The van der Waals surface area contributed by atoms with Crippen molar-refractivity contribution in [2.75, 3.05) is 30.4 Å². The first kappa shape index (κ1) is 16.2. The molecule has 1 fully saturated rings. The number of rotatable bonds is 4. The topological polar surface area (TPSA) is 67.3 Å². The number of nitrogens with zero attached hydrogens (tertiary/aromatic N) is 3. The molecule has 6 nitrogen and oxygen atoms in total. The van der Waals surface area contributed by atoms with Crippen molar-refractivity contribution in [2.24, 2.45) is 0 Å². The van der Waals surface area contributed by atoms with Gasteiger partial charge in [-0.2, -0.15) is 0 Å². The van der Waals surface area contributed by atoms with Crippen molar-refractivity contribution in [3.05, 3.63) is 42.2 Å². The van der Waals surface area contributed by atoms with Crippen LogP contribution in [-0.4, -0.2) is 36.1 Å². The maximum atomic E-state index is 11.9. The van der Waals surface area contributed by atoms with Crippen molar-refractivity contribution in [3.8, 4) is 0 Å². The summed E-state index contributed by atoms with van der Waals surface area (Å²) >= 11 is 0. The summed E-state index contributed by atoms with van der Waals surface area (Å²) in [5, 5.41) is 3.20. The van der Waals surface area contributed by atoms with Crippen LogP contribution in [0.25, 0.3) is 0 Å². The number of esters is 1. The third kappa shape index (κ3) is 3.82. The number of benzene rings is 1. The molecule has 0 aliphatic carbocycles. The van der Waals surface area contributed by atoms with E-state index in [1.165, 1.54) is 32.8 Å². The van der Waals surface area contributed by atoms with Crippen molar-refractivity contribution < 1.29 is 9.53 Å². The average molecular weight is 326 g/mol. The number of carbonyl (C=O) groups excluding carboxylic acids is 1. The van der Waals surface area contributed by atoms with Gasteiger partial charge in [-0.15, -0.1) is 0 Å².